The van der Waals surface area contributed by atoms with Gasteiger partial charge in [-0.25, -0.2) is 9.59 Å². The summed E-state index contributed by atoms with van der Waals surface area (Å²) in [6, 6.07) is 6.13. The molecule has 0 aliphatic heterocycles. The maximum absolute atomic E-state index is 12.4. The Morgan fingerprint density at radius 1 is 1.25 bits per heavy atom. The molecule has 0 saturated heterocycles. The van der Waals surface area contributed by atoms with Gasteiger partial charge in [0.05, 0.1) is 7.11 Å². The highest BCUT2D eigenvalue weighted by Crippen LogP contribution is 2.15. The van der Waals surface area contributed by atoms with Crippen LogP contribution in [0.25, 0.3) is 0 Å². The van der Waals surface area contributed by atoms with Crippen LogP contribution in [-0.2, 0) is 9.53 Å². The molecular formula is C17H25N3O4. The van der Waals surface area contributed by atoms with Crippen LogP contribution in [0.15, 0.2) is 24.3 Å². The maximum Gasteiger partial charge on any atom is 0.331 e. The fourth-order valence-corrected chi connectivity index (χ4v) is 2.00. The highest BCUT2D eigenvalue weighted by Gasteiger charge is 2.34. The van der Waals surface area contributed by atoms with Gasteiger partial charge >= 0.3 is 12.0 Å². The van der Waals surface area contributed by atoms with Gasteiger partial charge in [-0.1, -0.05) is 13.0 Å². The van der Waals surface area contributed by atoms with Gasteiger partial charge in [0.15, 0.2) is 0 Å². The third kappa shape index (κ3) is 5.26. The standard InChI is InChI=1S/C17H25N3O4/c1-6-17(4,15(22)24-5)20-14(21)12-8-7-9-13(10-12)19-16(23)18-11(2)3/h7-11H,6H2,1-5H3,(H,20,21)(H2,18,19,23). The van der Waals surface area contributed by atoms with E-state index in [1.54, 1.807) is 38.1 Å². The van der Waals surface area contributed by atoms with Gasteiger partial charge in [0, 0.05) is 17.3 Å². The van der Waals surface area contributed by atoms with Crippen molar-refractivity contribution in [2.75, 3.05) is 12.4 Å². The molecule has 132 valence electrons. The van der Waals surface area contributed by atoms with E-state index < -0.39 is 17.4 Å². The van der Waals surface area contributed by atoms with E-state index in [4.69, 9.17) is 4.74 Å². The predicted molar refractivity (Wildman–Crippen MR) is 91.9 cm³/mol. The molecule has 3 N–H and O–H groups in total. The third-order valence-electron chi connectivity index (χ3n) is 3.53. The third-order valence-corrected chi connectivity index (χ3v) is 3.53. The van der Waals surface area contributed by atoms with Crippen LogP contribution in [0.1, 0.15) is 44.5 Å². The second kappa shape index (κ2) is 8.33. The lowest BCUT2D eigenvalue weighted by atomic mass is 9.98. The van der Waals surface area contributed by atoms with Crippen LogP contribution >= 0.6 is 0 Å². The van der Waals surface area contributed by atoms with Crippen molar-refractivity contribution >= 4 is 23.6 Å². The van der Waals surface area contributed by atoms with Crippen molar-refractivity contribution in [3.63, 3.8) is 0 Å². The Morgan fingerprint density at radius 3 is 2.46 bits per heavy atom. The lowest BCUT2D eigenvalue weighted by Crippen LogP contribution is -2.52. The molecule has 0 aromatic heterocycles. The summed E-state index contributed by atoms with van der Waals surface area (Å²) in [5, 5.41) is 8.04. The maximum atomic E-state index is 12.4. The summed E-state index contributed by atoms with van der Waals surface area (Å²) < 4.78 is 4.74. The zero-order valence-corrected chi connectivity index (χ0v) is 14.7. The number of nitrogens with one attached hydrogen (secondary N) is 3. The number of carbonyl (C=O) groups excluding carboxylic acids is 3. The number of rotatable bonds is 6. The minimum absolute atomic E-state index is 0.00167. The molecule has 1 atom stereocenters. The van der Waals surface area contributed by atoms with E-state index in [9.17, 15) is 14.4 Å². The average molecular weight is 335 g/mol. The highest BCUT2D eigenvalue weighted by molar-refractivity contribution is 5.99. The smallest absolute Gasteiger partial charge is 0.331 e. The van der Waals surface area contributed by atoms with Crippen molar-refractivity contribution in [1.82, 2.24) is 10.6 Å². The van der Waals surface area contributed by atoms with Crippen LogP contribution in [0.2, 0.25) is 0 Å². The Kier molecular flexibility index (Phi) is 6.76. The van der Waals surface area contributed by atoms with Gasteiger partial charge < -0.3 is 20.7 Å². The van der Waals surface area contributed by atoms with Gasteiger partial charge in [0.1, 0.15) is 5.54 Å². The summed E-state index contributed by atoms with van der Waals surface area (Å²) in [5.74, 6) is -0.929. The number of urea groups is 1. The van der Waals surface area contributed by atoms with E-state index in [0.717, 1.165) is 0 Å². The molecule has 0 aliphatic rings. The Bertz CT molecular complexity index is 616. The predicted octanol–water partition coefficient (Wildman–Crippen LogP) is 2.29. The second-order valence-corrected chi connectivity index (χ2v) is 5.97. The van der Waals surface area contributed by atoms with E-state index in [1.807, 2.05) is 13.8 Å². The average Bonchev–Trinajstić information content (AvgIpc) is 2.53. The molecule has 0 heterocycles. The molecule has 3 amide bonds. The van der Waals surface area contributed by atoms with Crippen molar-refractivity contribution in [2.45, 2.75) is 45.7 Å². The summed E-state index contributed by atoms with van der Waals surface area (Å²) in [6.07, 6.45) is 0.389. The van der Waals surface area contributed by atoms with Gasteiger partial charge in [-0.15, -0.1) is 0 Å². The largest absolute Gasteiger partial charge is 0.467 e. The zero-order valence-electron chi connectivity index (χ0n) is 14.7. The van der Waals surface area contributed by atoms with Gasteiger partial charge in [-0.2, -0.15) is 0 Å². The molecule has 0 aliphatic carbocycles. The van der Waals surface area contributed by atoms with Crippen molar-refractivity contribution in [3.8, 4) is 0 Å². The minimum Gasteiger partial charge on any atom is -0.467 e. The topological polar surface area (TPSA) is 96.5 Å². The molecule has 0 radical (unpaired) electrons. The molecule has 0 bridgehead atoms. The Morgan fingerprint density at radius 2 is 1.92 bits per heavy atom. The molecular weight excluding hydrogens is 310 g/mol. The number of methoxy groups -OCH3 is 1. The van der Waals surface area contributed by atoms with Gasteiger partial charge in [-0.05, 0) is 45.4 Å². The molecule has 0 spiro atoms. The molecule has 0 fully saturated rings. The van der Waals surface area contributed by atoms with E-state index >= 15 is 0 Å². The van der Waals surface area contributed by atoms with Crippen LogP contribution in [0.3, 0.4) is 0 Å². The Labute approximate surface area is 142 Å². The number of hydrogen-bond donors (Lipinski definition) is 3. The number of benzene rings is 1. The molecule has 7 nitrogen and oxygen atoms in total. The fraction of sp³-hybridized carbons (Fsp3) is 0.471. The van der Waals surface area contributed by atoms with Gasteiger partial charge in [0.2, 0.25) is 0 Å². The fourth-order valence-electron chi connectivity index (χ4n) is 2.00. The minimum atomic E-state index is -1.11. The molecule has 1 rings (SSSR count). The molecule has 7 heteroatoms. The zero-order chi connectivity index (χ0) is 18.3. The highest BCUT2D eigenvalue weighted by atomic mass is 16.5. The summed E-state index contributed by atoms with van der Waals surface area (Å²) >= 11 is 0. The molecule has 1 aromatic carbocycles. The van der Waals surface area contributed by atoms with Crippen LogP contribution < -0.4 is 16.0 Å². The van der Waals surface area contributed by atoms with E-state index in [1.165, 1.54) is 7.11 Å². The van der Waals surface area contributed by atoms with Crippen LogP contribution in [-0.4, -0.2) is 36.6 Å². The molecule has 24 heavy (non-hydrogen) atoms. The van der Waals surface area contributed by atoms with Crippen molar-refractivity contribution in [2.24, 2.45) is 0 Å². The number of amides is 3. The number of ether oxygens (including phenoxy) is 1. The van der Waals surface area contributed by atoms with Crippen LogP contribution in [0.5, 0.6) is 0 Å². The number of anilines is 1. The van der Waals surface area contributed by atoms with Crippen molar-refractivity contribution in [1.29, 1.82) is 0 Å². The first-order valence-electron chi connectivity index (χ1n) is 7.80. The summed E-state index contributed by atoms with van der Waals surface area (Å²) in [7, 11) is 1.28. The van der Waals surface area contributed by atoms with Crippen LogP contribution in [0.4, 0.5) is 10.5 Å². The Balaban J connectivity index is 2.87. The lowest BCUT2D eigenvalue weighted by molar-refractivity contribution is -0.147. The number of carbonyl (C=O) groups is 3. The van der Waals surface area contributed by atoms with Crippen molar-refractivity contribution < 1.29 is 19.1 Å². The van der Waals surface area contributed by atoms with Crippen molar-refractivity contribution in [3.05, 3.63) is 29.8 Å². The molecule has 1 unspecified atom stereocenters. The monoisotopic (exact) mass is 335 g/mol. The molecule has 1 aromatic rings. The van der Waals surface area contributed by atoms with E-state index in [-0.39, 0.29) is 12.1 Å². The normalized spacial score (nSPS) is 12.9. The number of esters is 1. The Hall–Kier alpha value is -2.57. The van der Waals surface area contributed by atoms with E-state index in [2.05, 4.69) is 16.0 Å². The summed E-state index contributed by atoms with van der Waals surface area (Å²) in [5.41, 5.74) is -0.289. The van der Waals surface area contributed by atoms with E-state index in [0.29, 0.717) is 17.7 Å². The van der Waals surface area contributed by atoms with Gasteiger partial charge in [-0.3, -0.25) is 4.79 Å². The summed E-state index contributed by atoms with van der Waals surface area (Å²) in [4.78, 5) is 36.0. The first kappa shape index (κ1) is 19.5. The van der Waals surface area contributed by atoms with Crippen LogP contribution in [0, 0.1) is 0 Å². The number of hydrogen-bond acceptors (Lipinski definition) is 4. The molecule has 0 saturated carbocycles. The first-order valence-corrected chi connectivity index (χ1v) is 7.80. The SMILES string of the molecule is CCC(C)(NC(=O)c1cccc(NC(=O)NC(C)C)c1)C(=O)OC. The second-order valence-electron chi connectivity index (χ2n) is 5.97. The lowest BCUT2D eigenvalue weighted by Gasteiger charge is -2.26. The van der Waals surface area contributed by atoms with Gasteiger partial charge in [0.25, 0.3) is 5.91 Å². The summed E-state index contributed by atoms with van der Waals surface area (Å²) in [6.45, 7) is 7.09. The first-order chi connectivity index (χ1) is 11.2. The quantitative estimate of drug-likeness (QED) is 0.695.